The first-order valence-electron chi connectivity index (χ1n) is 9.12. The molecule has 12 heteroatoms. The number of sulfonamides is 1. The van der Waals surface area contributed by atoms with Gasteiger partial charge in [-0.25, -0.2) is 16.8 Å². The van der Waals surface area contributed by atoms with Crippen LogP contribution in [0.3, 0.4) is 0 Å². The van der Waals surface area contributed by atoms with Crippen molar-refractivity contribution in [3.05, 3.63) is 76.8 Å². The van der Waals surface area contributed by atoms with E-state index in [4.69, 9.17) is 0 Å². The molecule has 10 nitrogen and oxygen atoms in total. The number of hydrogen-bond donors (Lipinski definition) is 2. The van der Waals surface area contributed by atoms with Gasteiger partial charge in [0.1, 0.15) is 10.6 Å². The summed E-state index contributed by atoms with van der Waals surface area (Å²) in [6.45, 7) is 0. The Balaban J connectivity index is 1.80. The fourth-order valence-electron chi connectivity index (χ4n) is 3.30. The van der Waals surface area contributed by atoms with Crippen molar-refractivity contribution in [3.8, 4) is 11.3 Å². The highest BCUT2D eigenvalue weighted by Crippen LogP contribution is 2.34. The zero-order valence-corrected chi connectivity index (χ0v) is 18.1. The van der Waals surface area contributed by atoms with Crippen molar-refractivity contribution >= 4 is 42.1 Å². The molecule has 0 saturated heterocycles. The fourth-order valence-corrected chi connectivity index (χ4v) is 5.98. The minimum absolute atomic E-state index is 0.141. The lowest BCUT2D eigenvalue weighted by molar-refractivity contribution is -0.384. The summed E-state index contributed by atoms with van der Waals surface area (Å²) in [5, 5.41) is 18.8. The van der Waals surface area contributed by atoms with Crippen LogP contribution in [0.1, 0.15) is 0 Å². The lowest BCUT2D eigenvalue weighted by atomic mass is 10.1. The van der Waals surface area contributed by atoms with Gasteiger partial charge in [-0.2, -0.15) is 5.10 Å². The van der Waals surface area contributed by atoms with Crippen LogP contribution in [-0.4, -0.2) is 38.2 Å². The minimum Gasteiger partial charge on any atom is -0.280 e. The Labute approximate surface area is 183 Å². The maximum absolute atomic E-state index is 13.0. The van der Waals surface area contributed by atoms with Crippen molar-refractivity contribution < 1.29 is 21.8 Å². The first kappa shape index (κ1) is 21.5. The molecule has 0 fully saturated rings. The van der Waals surface area contributed by atoms with Crippen molar-refractivity contribution in [2.75, 3.05) is 11.0 Å². The van der Waals surface area contributed by atoms with Crippen LogP contribution in [0.4, 0.5) is 11.4 Å². The first-order chi connectivity index (χ1) is 15.1. The molecule has 4 aromatic rings. The van der Waals surface area contributed by atoms with Crippen LogP contribution in [-0.2, 0) is 19.9 Å². The molecule has 0 bridgehead atoms. The van der Waals surface area contributed by atoms with Crippen molar-refractivity contribution in [2.24, 2.45) is 0 Å². The molecule has 0 saturated carbocycles. The van der Waals surface area contributed by atoms with Crippen molar-refractivity contribution in [1.29, 1.82) is 0 Å². The van der Waals surface area contributed by atoms with E-state index in [1.54, 1.807) is 18.2 Å². The number of anilines is 1. The average Bonchev–Trinajstić information content (AvgIpc) is 3.16. The van der Waals surface area contributed by atoms with E-state index >= 15 is 0 Å². The number of rotatable bonds is 6. The molecule has 0 atom stereocenters. The molecular formula is C20H16N4O6S2. The van der Waals surface area contributed by atoms with Gasteiger partial charge in [0, 0.05) is 23.4 Å². The van der Waals surface area contributed by atoms with Gasteiger partial charge in [0.05, 0.1) is 20.9 Å². The molecule has 0 radical (unpaired) electrons. The second-order valence-electron chi connectivity index (χ2n) is 6.93. The monoisotopic (exact) mass is 472 g/mol. The number of fused-ring (bicyclic) bond motifs is 1. The number of para-hydroxylation sites is 1. The van der Waals surface area contributed by atoms with E-state index in [-0.39, 0.29) is 32.4 Å². The maximum atomic E-state index is 13.0. The minimum atomic E-state index is -4.25. The molecule has 1 aromatic heterocycles. The number of aromatic amines is 1. The highest BCUT2D eigenvalue weighted by atomic mass is 32.2. The van der Waals surface area contributed by atoms with Gasteiger partial charge in [0.2, 0.25) is 0 Å². The molecule has 0 unspecified atom stereocenters. The summed E-state index contributed by atoms with van der Waals surface area (Å²) in [6.07, 6.45) is 0.928. The van der Waals surface area contributed by atoms with Crippen LogP contribution in [0, 0.1) is 10.1 Å². The summed E-state index contributed by atoms with van der Waals surface area (Å²) in [5.74, 6) is 0. The van der Waals surface area contributed by atoms with E-state index in [1.807, 2.05) is 0 Å². The summed E-state index contributed by atoms with van der Waals surface area (Å²) < 4.78 is 52.3. The predicted octanol–water partition coefficient (Wildman–Crippen LogP) is 3.34. The van der Waals surface area contributed by atoms with Gasteiger partial charge in [-0.15, -0.1) is 0 Å². The van der Waals surface area contributed by atoms with Gasteiger partial charge < -0.3 is 0 Å². The van der Waals surface area contributed by atoms with Gasteiger partial charge >= 0.3 is 0 Å². The van der Waals surface area contributed by atoms with E-state index in [9.17, 15) is 26.9 Å². The molecule has 1 heterocycles. The Kier molecular flexibility index (Phi) is 5.18. The topological polar surface area (TPSA) is 152 Å². The van der Waals surface area contributed by atoms with Crippen LogP contribution in [0.2, 0.25) is 0 Å². The summed E-state index contributed by atoms with van der Waals surface area (Å²) >= 11 is 0. The van der Waals surface area contributed by atoms with Crippen LogP contribution in [0.15, 0.2) is 76.5 Å². The SMILES string of the molecule is CS(=O)(=O)c1ccccc1S(=O)(=O)Nc1ccc2[nH]nc(-c3ccccc3[N+](=O)[O-])c2c1. The van der Waals surface area contributed by atoms with Crippen LogP contribution in [0.25, 0.3) is 22.2 Å². The molecule has 0 aliphatic heterocycles. The second kappa shape index (κ2) is 7.73. The van der Waals surface area contributed by atoms with E-state index in [2.05, 4.69) is 14.9 Å². The molecule has 2 N–H and O–H groups in total. The molecule has 3 aromatic carbocycles. The zero-order chi connectivity index (χ0) is 23.1. The van der Waals surface area contributed by atoms with Crippen LogP contribution < -0.4 is 4.72 Å². The summed E-state index contributed by atoms with van der Waals surface area (Å²) in [5.41, 5.74) is 1.09. The Morgan fingerprint density at radius 1 is 0.938 bits per heavy atom. The van der Waals surface area contributed by atoms with Crippen LogP contribution in [0.5, 0.6) is 0 Å². The number of hydrogen-bond acceptors (Lipinski definition) is 7. The maximum Gasteiger partial charge on any atom is 0.278 e. The Morgan fingerprint density at radius 2 is 1.59 bits per heavy atom. The number of H-pyrrole nitrogens is 1. The highest BCUT2D eigenvalue weighted by molar-refractivity contribution is 7.95. The Morgan fingerprint density at radius 3 is 2.28 bits per heavy atom. The Hall–Kier alpha value is -3.77. The largest absolute Gasteiger partial charge is 0.280 e. The molecule has 0 amide bonds. The van der Waals surface area contributed by atoms with Gasteiger partial charge in [0.25, 0.3) is 15.7 Å². The van der Waals surface area contributed by atoms with E-state index in [0.717, 1.165) is 6.26 Å². The number of aromatic nitrogens is 2. The molecule has 4 rings (SSSR count). The molecule has 0 aliphatic rings. The van der Waals surface area contributed by atoms with Gasteiger partial charge in [0.15, 0.2) is 9.84 Å². The number of benzene rings is 3. The van der Waals surface area contributed by atoms with Crippen molar-refractivity contribution in [3.63, 3.8) is 0 Å². The number of sulfone groups is 1. The van der Waals surface area contributed by atoms with E-state index < -0.39 is 24.8 Å². The van der Waals surface area contributed by atoms with E-state index in [0.29, 0.717) is 10.9 Å². The predicted molar refractivity (Wildman–Crippen MR) is 119 cm³/mol. The van der Waals surface area contributed by atoms with Gasteiger partial charge in [-0.3, -0.25) is 19.9 Å². The summed E-state index contributed by atoms with van der Waals surface area (Å²) in [4.78, 5) is 10.2. The molecular weight excluding hydrogens is 456 g/mol. The molecule has 0 aliphatic carbocycles. The average molecular weight is 473 g/mol. The van der Waals surface area contributed by atoms with E-state index in [1.165, 1.54) is 48.5 Å². The highest BCUT2D eigenvalue weighted by Gasteiger charge is 2.24. The lowest BCUT2D eigenvalue weighted by Crippen LogP contribution is -2.16. The molecule has 164 valence electrons. The first-order valence-corrected chi connectivity index (χ1v) is 12.5. The molecule has 32 heavy (non-hydrogen) atoms. The normalized spacial score (nSPS) is 12.0. The lowest BCUT2D eigenvalue weighted by Gasteiger charge is -2.11. The quantitative estimate of drug-likeness (QED) is 0.322. The fraction of sp³-hybridized carbons (Fsp3) is 0.0500. The summed E-state index contributed by atoms with van der Waals surface area (Å²) in [7, 11) is -8.03. The smallest absolute Gasteiger partial charge is 0.278 e. The van der Waals surface area contributed by atoms with Gasteiger partial charge in [-0.05, 0) is 36.4 Å². The van der Waals surface area contributed by atoms with Crippen LogP contribution >= 0.6 is 0 Å². The van der Waals surface area contributed by atoms with Crippen molar-refractivity contribution in [2.45, 2.75) is 9.79 Å². The zero-order valence-electron chi connectivity index (χ0n) is 16.5. The van der Waals surface area contributed by atoms with Crippen molar-refractivity contribution in [1.82, 2.24) is 10.2 Å². The number of nitrogens with one attached hydrogen (secondary N) is 2. The number of nitrogens with zero attached hydrogens (tertiary/aromatic N) is 2. The number of nitro benzene ring substituents is 1. The third kappa shape index (κ3) is 3.92. The number of nitro groups is 1. The standard InChI is InChI=1S/C20H16N4O6S2/c1-31(27,28)18-8-4-5-9-19(18)32(29,30)23-13-10-11-16-15(12-13)20(22-21-16)14-6-2-3-7-17(14)24(25)26/h2-12,23H,1H3,(H,21,22). The second-order valence-corrected chi connectivity index (χ2v) is 10.6. The summed E-state index contributed by atoms with van der Waals surface area (Å²) in [6, 6.07) is 15.9. The third-order valence-electron chi connectivity index (χ3n) is 4.71. The third-order valence-corrected chi connectivity index (χ3v) is 7.43. The Bertz CT molecular complexity index is 1580. The van der Waals surface area contributed by atoms with Gasteiger partial charge in [-0.1, -0.05) is 24.3 Å². The molecule has 0 spiro atoms.